The zero-order valence-corrected chi connectivity index (χ0v) is 8.68. The molecule has 0 aliphatic carbocycles. The van der Waals surface area contributed by atoms with Gasteiger partial charge in [0.2, 0.25) is 0 Å². The second kappa shape index (κ2) is 3.06. The monoisotopic (exact) mass is 210 g/mol. The molecule has 0 fully saturated rings. The molecule has 1 aromatic heterocycles. The van der Waals surface area contributed by atoms with Gasteiger partial charge in [0.15, 0.2) is 0 Å². The number of thiazole rings is 1. The molecule has 1 unspecified atom stereocenters. The largest absolute Gasteiger partial charge is 0.385 e. The van der Waals surface area contributed by atoms with Crippen LogP contribution in [-0.2, 0) is 0 Å². The number of amides is 2. The molecule has 0 radical (unpaired) electrons. The van der Waals surface area contributed by atoms with Gasteiger partial charge in [0, 0.05) is 0 Å². The van der Waals surface area contributed by atoms with Crippen molar-refractivity contribution in [1.82, 2.24) is 10.3 Å². The number of hydrogen-bond donors (Lipinski definition) is 2. The number of aromatic nitrogens is 1. The van der Waals surface area contributed by atoms with Crippen molar-refractivity contribution in [2.45, 2.75) is 19.9 Å². The van der Waals surface area contributed by atoms with Gasteiger partial charge >= 0.3 is 6.03 Å². The van der Waals surface area contributed by atoms with Crippen molar-refractivity contribution in [1.29, 1.82) is 0 Å². The SMILES string of the molecule is Cc1nc(C)c(C2NC(=O)N=C2N)s1. The van der Waals surface area contributed by atoms with E-state index in [9.17, 15) is 4.79 Å². The Morgan fingerprint density at radius 2 is 2.21 bits per heavy atom. The molecule has 3 N–H and O–H groups in total. The molecule has 2 heterocycles. The molecule has 2 rings (SSSR count). The number of nitrogens with one attached hydrogen (secondary N) is 1. The van der Waals surface area contributed by atoms with E-state index in [1.165, 1.54) is 11.3 Å². The van der Waals surface area contributed by atoms with Gasteiger partial charge < -0.3 is 11.1 Å². The van der Waals surface area contributed by atoms with Crippen LogP contribution in [0.5, 0.6) is 0 Å². The number of hydrogen-bond acceptors (Lipinski definition) is 4. The number of aliphatic imine (C=N–C) groups is 1. The van der Waals surface area contributed by atoms with Gasteiger partial charge in [-0.1, -0.05) is 0 Å². The summed E-state index contributed by atoms with van der Waals surface area (Å²) in [6.07, 6.45) is 0. The van der Waals surface area contributed by atoms with E-state index >= 15 is 0 Å². The molecule has 0 aromatic carbocycles. The van der Waals surface area contributed by atoms with Gasteiger partial charge in [0.05, 0.1) is 15.6 Å². The molecular weight excluding hydrogens is 200 g/mol. The average Bonchev–Trinajstić information content (AvgIpc) is 2.55. The number of amidine groups is 1. The molecular formula is C8H10N4OS. The van der Waals surface area contributed by atoms with E-state index in [0.717, 1.165) is 15.6 Å². The van der Waals surface area contributed by atoms with E-state index in [0.29, 0.717) is 5.84 Å². The van der Waals surface area contributed by atoms with E-state index in [1.807, 2.05) is 13.8 Å². The Bertz CT molecular complexity index is 423. The number of nitrogens with two attached hydrogens (primary N) is 1. The third-order valence-electron chi connectivity index (χ3n) is 2.00. The van der Waals surface area contributed by atoms with Crippen LogP contribution in [-0.4, -0.2) is 16.9 Å². The molecule has 1 aromatic rings. The highest BCUT2D eigenvalue weighted by atomic mass is 32.1. The molecule has 5 nitrogen and oxygen atoms in total. The normalized spacial score (nSPS) is 20.9. The first-order valence-electron chi connectivity index (χ1n) is 4.16. The predicted molar refractivity (Wildman–Crippen MR) is 54.5 cm³/mol. The first kappa shape index (κ1) is 9.14. The number of rotatable bonds is 1. The quantitative estimate of drug-likeness (QED) is 0.722. The lowest BCUT2D eigenvalue weighted by Gasteiger charge is -2.07. The van der Waals surface area contributed by atoms with Crippen molar-refractivity contribution in [2.24, 2.45) is 10.7 Å². The van der Waals surface area contributed by atoms with Crippen LogP contribution < -0.4 is 11.1 Å². The summed E-state index contributed by atoms with van der Waals surface area (Å²) in [4.78, 5) is 19.8. The Morgan fingerprint density at radius 3 is 2.64 bits per heavy atom. The standard InChI is InChI=1S/C8H10N4OS/c1-3-6(14-4(2)10-3)5-7(9)12-8(13)11-5/h5H,1-2H3,(H3,9,11,12,13). The molecule has 0 saturated heterocycles. The minimum atomic E-state index is -0.377. The summed E-state index contributed by atoms with van der Waals surface area (Å²) < 4.78 is 0. The van der Waals surface area contributed by atoms with Crippen LogP contribution in [0.2, 0.25) is 0 Å². The number of aryl methyl sites for hydroxylation is 2. The minimum Gasteiger partial charge on any atom is -0.385 e. The number of carbonyl (C=O) groups is 1. The van der Waals surface area contributed by atoms with E-state index in [2.05, 4.69) is 15.3 Å². The first-order chi connectivity index (χ1) is 6.58. The smallest absolute Gasteiger partial charge is 0.343 e. The molecule has 1 aliphatic heterocycles. The van der Waals surface area contributed by atoms with E-state index < -0.39 is 0 Å². The van der Waals surface area contributed by atoms with Gasteiger partial charge in [0.25, 0.3) is 0 Å². The van der Waals surface area contributed by atoms with Gasteiger partial charge in [-0.25, -0.2) is 9.78 Å². The highest BCUT2D eigenvalue weighted by Crippen LogP contribution is 2.26. The maximum atomic E-state index is 11.0. The fourth-order valence-electron chi connectivity index (χ4n) is 1.43. The summed E-state index contributed by atoms with van der Waals surface area (Å²) in [5.74, 6) is 0.321. The topological polar surface area (TPSA) is 80.4 Å². The third kappa shape index (κ3) is 1.37. The van der Waals surface area contributed by atoms with Crippen LogP contribution in [0.1, 0.15) is 21.6 Å². The highest BCUT2D eigenvalue weighted by Gasteiger charge is 2.28. The van der Waals surface area contributed by atoms with Gasteiger partial charge in [-0.05, 0) is 13.8 Å². The molecule has 1 atom stereocenters. The molecule has 6 heteroatoms. The Morgan fingerprint density at radius 1 is 1.50 bits per heavy atom. The van der Waals surface area contributed by atoms with Gasteiger partial charge in [-0.3, -0.25) is 0 Å². The lowest BCUT2D eigenvalue weighted by Crippen LogP contribution is -2.27. The Labute approximate surface area is 85.1 Å². The molecule has 1 aliphatic rings. The molecule has 0 bridgehead atoms. The summed E-state index contributed by atoms with van der Waals surface area (Å²) in [6.45, 7) is 3.82. The van der Waals surface area contributed by atoms with Crippen LogP contribution in [0.4, 0.5) is 4.79 Å². The van der Waals surface area contributed by atoms with Gasteiger partial charge in [0.1, 0.15) is 11.9 Å². The first-order valence-corrected chi connectivity index (χ1v) is 4.98. The number of urea groups is 1. The average molecular weight is 210 g/mol. The zero-order chi connectivity index (χ0) is 10.3. The second-order valence-corrected chi connectivity index (χ2v) is 4.34. The Hall–Kier alpha value is -1.43. The van der Waals surface area contributed by atoms with Crippen molar-refractivity contribution in [3.05, 3.63) is 15.6 Å². The van der Waals surface area contributed by atoms with Crippen LogP contribution in [0.3, 0.4) is 0 Å². The number of carbonyl (C=O) groups excluding carboxylic acids is 1. The fourth-order valence-corrected chi connectivity index (χ4v) is 2.42. The van der Waals surface area contributed by atoms with Crippen molar-refractivity contribution < 1.29 is 4.79 Å². The Balaban J connectivity index is 2.37. The summed E-state index contributed by atoms with van der Waals surface area (Å²) in [5.41, 5.74) is 6.53. The second-order valence-electron chi connectivity index (χ2n) is 3.10. The summed E-state index contributed by atoms with van der Waals surface area (Å²) in [7, 11) is 0. The highest BCUT2D eigenvalue weighted by molar-refractivity contribution is 7.11. The molecule has 2 amide bonds. The van der Waals surface area contributed by atoms with Crippen LogP contribution in [0.15, 0.2) is 4.99 Å². The molecule has 0 spiro atoms. The minimum absolute atomic E-state index is 0.284. The predicted octanol–water partition coefficient (Wildman–Crippen LogP) is 0.881. The molecule has 0 saturated carbocycles. The Kier molecular flexibility index (Phi) is 1.99. The maximum absolute atomic E-state index is 11.0. The van der Waals surface area contributed by atoms with Crippen LogP contribution in [0.25, 0.3) is 0 Å². The van der Waals surface area contributed by atoms with Crippen LogP contribution >= 0.6 is 11.3 Å². The van der Waals surface area contributed by atoms with E-state index in [4.69, 9.17) is 5.73 Å². The zero-order valence-electron chi connectivity index (χ0n) is 7.87. The lowest BCUT2D eigenvalue weighted by molar-refractivity contribution is 0.250. The lowest BCUT2D eigenvalue weighted by atomic mass is 10.2. The molecule has 14 heavy (non-hydrogen) atoms. The van der Waals surface area contributed by atoms with Gasteiger partial charge in [-0.2, -0.15) is 4.99 Å². The van der Waals surface area contributed by atoms with Crippen molar-refractivity contribution in [3.8, 4) is 0 Å². The van der Waals surface area contributed by atoms with Crippen molar-refractivity contribution in [2.75, 3.05) is 0 Å². The van der Waals surface area contributed by atoms with E-state index in [1.54, 1.807) is 0 Å². The fraction of sp³-hybridized carbons (Fsp3) is 0.375. The molecule has 74 valence electrons. The maximum Gasteiger partial charge on any atom is 0.343 e. The van der Waals surface area contributed by atoms with Crippen LogP contribution in [0, 0.1) is 13.8 Å². The third-order valence-corrected chi connectivity index (χ3v) is 3.13. The van der Waals surface area contributed by atoms with Crippen molar-refractivity contribution in [3.63, 3.8) is 0 Å². The van der Waals surface area contributed by atoms with E-state index in [-0.39, 0.29) is 12.1 Å². The summed E-state index contributed by atoms with van der Waals surface area (Å²) >= 11 is 1.53. The van der Waals surface area contributed by atoms with Crippen molar-refractivity contribution >= 4 is 23.2 Å². The number of nitrogens with zero attached hydrogens (tertiary/aromatic N) is 2. The van der Waals surface area contributed by atoms with Gasteiger partial charge in [-0.15, -0.1) is 11.3 Å². The summed E-state index contributed by atoms with van der Waals surface area (Å²) in [6, 6.07) is -0.661. The summed E-state index contributed by atoms with van der Waals surface area (Å²) in [5, 5.41) is 3.64.